The number of anilines is 2. The van der Waals surface area contributed by atoms with Gasteiger partial charge in [-0.3, -0.25) is 0 Å². The van der Waals surface area contributed by atoms with Gasteiger partial charge in [0.25, 0.3) is 0 Å². The van der Waals surface area contributed by atoms with Crippen LogP contribution in [-0.2, 0) is 11.3 Å². The van der Waals surface area contributed by atoms with Crippen molar-refractivity contribution in [3.63, 3.8) is 0 Å². The van der Waals surface area contributed by atoms with Crippen molar-refractivity contribution in [1.82, 2.24) is 9.97 Å². The average Bonchev–Trinajstić information content (AvgIpc) is 2.81. The van der Waals surface area contributed by atoms with Gasteiger partial charge in [0.05, 0.1) is 0 Å². The van der Waals surface area contributed by atoms with Crippen molar-refractivity contribution in [3.05, 3.63) is 11.9 Å². The van der Waals surface area contributed by atoms with Crippen LogP contribution in [0.5, 0.6) is 0 Å². The fourth-order valence-electron chi connectivity index (χ4n) is 2.59. The van der Waals surface area contributed by atoms with Gasteiger partial charge >= 0.3 is 0 Å². The number of nitrogens with zero attached hydrogens (tertiary/aromatic N) is 2. The van der Waals surface area contributed by atoms with Crippen LogP contribution in [0.3, 0.4) is 0 Å². The van der Waals surface area contributed by atoms with Gasteiger partial charge in [-0.2, -0.15) is 0 Å². The van der Waals surface area contributed by atoms with E-state index in [1.54, 1.807) is 13.2 Å². The summed E-state index contributed by atoms with van der Waals surface area (Å²) in [5.41, 5.74) is 5.77. The Kier molecular flexibility index (Phi) is 4.36. The molecular formula is C13H22N4O. The SMILES string of the molecule is COCc1nc(N)cc(NC(C)C2CCCC2)n1. The minimum absolute atomic E-state index is 0.386. The Balaban J connectivity index is 2.03. The van der Waals surface area contributed by atoms with Crippen LogP contribution >= 0.6 is 0 Å². The molecule has 0 aromatic carbocycles. The van der Waals surface area contributed by atoms with Crippen LogP contribution in [0.15, 0.2) is 6.07 Å². The molecule has 5 heteroatoms. The number of nitrogen functional groups attached to an aromatic ring is 1. The molecule has 1 unspecified atom stereocenters. The second-order valence-electron chi connectivity index (χ2n) is 5.00. The first kappa shape index (κ1) is 13.1. The molecule has 1 aromatic heterocycles. The number of ether oxygens (including phenoxy) is 1. The number of hydrogen-bond donors (Lipinski definition) is 2. The van der Waals surface area contributed by atoms with Crippen LogP contribution in [0.2, 0.25) is 0 Å². The normalized spacial score (nSPS) is 17.9. The predicted molar refractivity (Wildman–Crippen MR) is 72.2 cm³/mol. The molecule has 1 heterocycles. The summed E-state index contributed by atoms with van der Waals surface area (Å²) in [6.45, 7) is 2.60. The Hall–Kier alpha value is -1.36. The van der Waals surface area contributed by atoms with Crippen molar-refractivity contribution in [3.8, 4) is 0 Å². The number of aromatic nitrogens is 2. The van der Waals surface area contributed by atoms with Crippen molar-refractivity contribution in [1.29, 1.82) is 0 Å². The highest BCUT2D eigenvalue weighted by atomic mass is 16.5. The summed E-state index contributed by atoms with van der Waals surface area (Å²) in [5.74, 6) is 2.65. The maximum Gasteiger partial charge on any atom is 0.158 e. The van der Waals surface area contributed by atoms with Crippen LogP contribution in [0, 0.1) is 5.92 Å². The lowest BCUT2D eigenvalue weighted by Crippen LogP contribution is -2.24. The van der Waals surface area contributed by atoms with Crippen LogP contribution in [0.4, 0.5) is 11.6 Å². The molecule has 1 saturated carbocycles. The summed E-state index contributed by atoms with van der Waals surface area (Å²) < 4.78 is 5.03. The van der Waals surface area contributed by atoms with Crippen LogP contribution in [-0.4, -0.2) is 23.1 Å². The largest absolute Gasteiger partial charge is 0.384 e. The summed E-state index contributed by atoms with van der Waals surface area (Å²) in [4.78, 5) is 8.54. The predicted octanol–water partition coefficient (Wildman–Crippen LogP) is 2.20. The Bertz CT molecular complexity index is 391. The van der Waals surface area contributed by atoms with Crippen LogP contribution < -0.4 is 11.1 Å². The second-order valence-corrected chi connectivity index (χ2v) is 5.00. The average molecular weight is 250 g/mol. The first-order chi connectivity index (χ1) is 8.69. The van der Waals surface area contributed by atoms with Gasteiger partial charge in [-0.05, 0) is 25.7 Å². The maximum absolute atomic E-state index is 5.77. The highest BCUT2D eigenvalue weighted by Crippen LogP contribution is 2.29. The van der Waals surface area contributed by atoms with Gasteiger partial charge in [-0.1, -0.05) is 12.8 Å². The quantitative estimate of drug-likeness (QED) is 0.838. The van der Waals surface area contributed by atoms with Crippen molar-refractivity contribution >= 4 is 11.6 Å². The zero-order chi connectivity index (χ0) is 13.0. The third-order valence-electron chi connectivity index (χ3n) is 3.55. The minimum atomic E-state index is 0.386. The van der Waals surface area contributed by atoms with E-state index in [1.807, 2.05) is 0 Å². The monoisotopic (exact) mass is 250 g/mol. The van der Waals surface area contributed by atoms with E-state index in [-0.39, 0.29) is 0 Å². The molecule has 100 valence electrons. The zero-order valence-corrected chi connectivity index (χ0v) is 11.1. The van der Waals surface area contributed by atoms with Crippen molar-refractivity contribution in [2.24, 2.45) is 5.92 Å². The maximum atomic E-state index is 5.77. The summed E-state index contributed by atoms with van der Waals surface area (Å²) in [6.07, 6.45) is 5.30. The number of nitrogens with two attached hydrogens (primary N) is 1. The molecule has 1 atom stereocenters. The first-order valence-corrected chi connectivity index (χ1v) is 6.58. The molecule has 18 heavy (non-hydrogen) atoms. The number of methoxy groups -OCH3 is 1. The molecule has 5 nitrogen and oxygen atoms in total. The smallest absolute Gasteiger partial charge is 0.158 e. The molecule has 1 fully saturated rings. The fraction of sp³-hybridized carbons (Fsp3) is 0.692. The molecule has 2 rings (SSSR count). The van der Waals surface area contributed by atoms with Gasteiger partial charge in [0, 0.05) is 19.2 Å². The molecule has 0 saturated heterocycles. The molecule has 1 aliphatic carbocycles. The highest BCUT2D eigenvalue weighted by molar-refractivity contribution is 5.45. The lowest BCUT2D eigenvalue weighted by Gasteiger charge is -2.21. The summed E-state index contributed by atoms with van der Waals surface area (Å²) >= 11 is 0. The lowest BCUT2D eigenvalue weighted by atomic mass is 10.00. The number of hydrogen-bond acceptors (Lipinski definition) is 5. The first-order valence-electron chi connectivity index (χ1n) is 6.58. The minimum Gasteiger partial charge on any atom is -0.384 e. The van der Waals surface area contributed by atoms with Gasteiger partial charge in [0.1, 0.15) is 18.2 Å². The van der Waals surface area contributed by atoms with E-state index in [0.29, 0.717) is 24.3 Å². The second kappa shape index (κ2) is 6.00. The topological polar surface area (TPSA) is 73.1 Å². The van der Waals surface area contributed by atoms with Gasteiger partial charge < -0.3 is 15.8 Å². The van der Waals surface area contributed by atoms with Crippen molar-refractivity contribution < 1.29 is 4.74 Å². The third-order valence-corrected chi connectivity index (χ3v) is 3.55. The molecule has 1 aromatic rings. The van der Waals surface area contributed by atoms with Crippen molar-refractivity contribution in [2.75, 3.05) is 18.2 Å². The Morgan fingerprint density at radius 2 is 2.17 bits per heavy atom. The molecule has 0 radical (unpaired) electrons. The van der Waals surface area contributed by atoms with E-state index >= 15 is 0 Å². The molecule has 0 amide bonds. The lowest BCUT2D eigenvalue weighted by molar-refractivity contribution is 0.178. The van der Waals surface area contributed by atoms with E-state index in [2.05, 4.69) is 22.2 Å². The van der Waals surface area contributed by atoms with E-state index in [0.717, 1.165) is 11.7 Å². The van der Waals surface area contributed by atoms with Gasteiger partial charge in [0.2, 0.25) is 0 Å². The van der Waals surface area contributed by atoms with Gasteiger partial charge in [-0.25, -0.2) is 9.97 Å². The van der Waals surface area contributed by atoms with E-state index < -0.39 is 0 Å². The van der Waals surface area contributed by atoms with Crippen LogP contribution in [0.25, 0.3) is 0 Å². The molecule has 3 N–H and O–H groups in total. The summed E-state index contributed by atoms with van der Waals surface area (Å²) in [6, 6.07) is 2.21. The standard InChI is InChI=1S/C13H22N4O/c1-9(10-5-3-4-6-10)15-12-7-11(14)16-13(17-12)8-18-2/h7,9-10H,3-6,8H2,1-2H3,(H3,14,15,16,17). The highest BCUT2D eigenvalue weighted by Gasteiger charge is 2.21. The van der Waals surface area contributed by atoms with Gasteiger partial charge in [-0.15, -0.1) is 0 Å². The molecule has 0 bridgehead atoms. The van der Waals surface area contributed by atoms with E-state index in [1.165, 1.54) is 25.7 Å². The Labute approximate surface area is 108 Å². The van der Waals surface area contributed by atoms with E-state index in [9.17, 15) is 0 Å². The van der Waals surface area contributed by atoms with Crippen molar-refractivity contribution in [2.45, 2.75) is 45.3 Å². The number of rotatable bonds is 5. The van der Waals surface area contributed by atoms with E-state index in [4.69, 9.17) is 10.5 Å². The third kappa shape index (κ3) is 3.32. The molecule has 1 aliphatic rings. The van der Waals surface area contributed by atoms with Crippen LogP contribution in [0.1, 0.15) is 38.4 Å². The molecule has 0 spiro atoms. The molecular weight excluding hydrogens is 228 g/mol. The number of nitrogens with one attached hydrogen (secondary N) is 1. The Morgan fingerprint density at radius 3 is 2.83 bits per heavy atom. The summed E-state index contributed by atoms with van der Waals surface area (Å²) in [7, 11) is 1.63. The molecule has 0 aliphatic heterocycles. The fourth-order valence-corrected chi connectivity index (χ4v) is 2.59. The van der Waals surface area contributed by atoms with Gasteiger partial charge in [0.15, 0.2) is 5.82 Å². The Morgan fingerprint density at radius 1 is 1.44 bits per heavy atom. The zero-order valence-electron chi connectivity index (χ0n) is 11.1. The summed E-state index contributed by atoms with van der Waals surface area (Å²) in [5, 5.41) is 3.44.